The lowest BCUT2D eigenvalue weighted by atomic mass is 10.2. The number of aromatic nitrogens is 4. The maximum Gasteiger partial charge on any atom is 0.230 e. The average Bonchev–Trinajstić information content (AvgIpc) is 3.17. The molecule has 3 aromatic rings. The largest absolute Gasteiger partial charge is 0.355 e. The zero-order chi connectivity index (χ0) is 19.6. The van der Waals surface area contributed by atoms with Crippen LogP contribution in [-0.4, -0.2) is 38.0 Å². The van der Waals surface area contributed by atoms with Crippen LogP contribution in [-0.2, 0) is 4.79 Å². The van der Waals surface area contributed by atoms with Gasteiger partial charge in [-0.2, -0.15) is 0 Å². The first-order valence-electron chi connectivity index (χ1n) is 9.60. The molecule has 3 rings (SSSR count). The number of thioether (sulfide) groups is 1. The van der Waals surface area contributed by atoms with E-state index in [9.17, 15) is 4.79 Å². The van der Waals surface area contributed by atoms with Gasteiger partial charge in [-0.15, -0.1) is 10.2 Å². The molecular formula is C21H25N5OS. The van der Waals surface area contributed by atoms with E-state index < -0.39 is 0 Å². The van der Waals surface area contributed by atoms with Gasteiger partial charge >= 0.3 is 0 Å². The Hall–Kier alpha value is -2.67. The smallest absolute Gasteiger partial charge is 0.230 e. The molecule has 2 heterocycles. The second-order valence-corrected chi connectivity index (χ2v) is 7.36. The number of carbonyl (C=O) groups excluding carboxylic acids is 1. The lowest BCUT2D eigenvalue weighted by Gasteiger charge is -2.10. The second-order valence-electron chi connectivity index (χ2n) is 6.42. The summed E-state index contributed by atoms with van der Waals surface area (Å²) in [6, 6.07) is 13.7. The molecule has 0 unspecified atom stereocenters. The molecule has 0 saturated carbocycles. The minimum atomic E-state index is 0.0204. The lowest BCUT2D eigenvalue weighted by molar-refractivity contribution is -0.118. The number of pyridine rings is 1. The van der Waals surface area contributed by atoms with Crippen molar-refractivity contribution in [2.24, 2.45) is 0 Å². The van der Waals surface area contributed by atoms with Crippen LogP contribution in [0.3, 0.4) is 0 Å². The Morgan fingerprint density at radius 1 is 1.07 bits per heavy atom. The standard InChI is InChI=1S/C21H25N5OS/c1-2-3-4-8-14-23-19(27)16-28-21-25-24-20(17-10-9-13-22-15-17)26(21)18-11-6-5-7-12-18/h5-7,9-13,15H,2-4,8,14,16H2,1H3,(H,23,27). The highest BCUT2D eigenvalue weighted by molar-refractivity contribution is 7.99. The van der Waals surface area contributed by atoms with Crippen molar-refractivity contribution < 1.29 is 4.79 Å². The van der Waals surface area contributed by atoms with Gasteiger partial charge in [0.25, 0.3) is 0 Å². The van der Waals surface area contributed by atoms with Crippen molar-refractivity contribution in [2.45, 2.75) is 37.8 Å². The summed E-state index contributed by atoms with van der Waals surface area (Å²) in [6.45, 7) is 2.91. The molecule has 2 aromatic heterocycles. The molecular weight excluding hydrogens is 370 g/mol. The molecule has 0 spiro atoms. The first-order valence-corrected chi connectivity index (χ1v) is 10.6. The first kappa shape index (κ1) is 20.1. The van der Waals surface area contributed by atoms with Gasteiger partial charge < -0.3 is 5.32 Å². The summed E-state index contributed by atoms with van der Waals surface area (Å²) >= 11 is 1.39. The molecule has 0 atom stereocenters. The molecule has 146 valence electrons. The number of para-hydroxylation sites is 1. The Kier molecular flexibility index (Phi) is 7.61. The monoisotopic (exact) mass is 395 g/mol. The average molecular weight is 396 g/mol. The maximum atomic E-state index is 12.2. The quantitative estimate of drug-likeness (QED) is 0.413. The Balaban J connectivity index is 1.71. The van der Waals surface area contributed by atoms with E-state index in [0.717, 1.165) is 30.6 Å². The second kappa shape index (κ2) is 10.6. The molecule has 1 N–H and O–H groups in total. The Bertz CT molecular complexity index is 867. The van der Waals surface area contributed by atoms with E-state index in [1.165, 1.54) is 24.6 Å². The minimum Gasteiger partial charge on any atom is -0.355 e. The molecule has 6 nitrogen and oxygen atoms in total. The Morgan fingerprint density at radius 2 is 1.93 bits per heavy atom. The first-order chi connectivity index (χ1) is 13.8. The number of hydrogen-bond acceptors (Lipinski definition) is 5. The molecule has 28 heavy (non-hydrogen) atoms. The highest BCUT2D eigenvalue weighted by atomic mass is 32.2. The van der Waals surface area contributed by atoms with E-state index in [-0.39, 0.29) is 5.91 Å². The molecule has 0 aliphatic carbocycles. The lowest BCUT2D eigenvalue weighted by Crippen LogP contribution is -2.26. The zero-order valence-electron chi connectivity index (χ0n) is 16.0. The summed E-state index contributed by atoms with van der Waals surface area (Å²) in [6.07, 6.45) is 8.07. The van der Waals surface area contributed by atoms with E-state index in [1.807, 2.05) is 47.0 Å². The number of nitrogens with zero attached hydrogens (tertiary/aromatic N) is 4. The van der Waals surface area contributed by atoms with Gasteiger partial charge in [0.15, 0.2) is 11.0 Å². The third kappa shape index (κ3) is 5.42. The van der Waals surface area contributed by atoms with E-state index in [2.05, 4.69) is 27.4 Å². The molecule has 1 aromatic carbocycles. The minimum absolute atomic E-state index is 0.0204. The fraction of sp³-hybridized carbons (Fsp3) is 0.333. The fourth-order valence-electron chi connectivity index (χ4n) is 2.82. The molecule has 0 aliphatic rings. The SMILES string of the molecule is CCCCCCNC(=O)CSc1nnc(-c2cccnc2)n1-c1ccccc1. The van der Waals surface area contributed by atoms with Gasteiger partial charge in [-0.05, 0) is 30.7 Å². The third-order valence-corrected chi connectivity index (χ3v) is 5.18. The number of unbranched alkanes of at least 4 members (excludes halogenated alkanes) is 3. The highest BCUT2D eigenvalue weighted by Crippen LogP contribution is 2.27. The number of amides is 1. The van der Waals surface area contributed by atoms with Crippen molar-refractivity contribution in [1.29, 1.82) is 0 Å². The van der Waals surface area contributed by atoms with Crippen molar-refractivity contribution in [3.63, 3.8) is 0 Å². The fourth-order valence-corrected chi connectivity index (χ4v) is 3.60. The Labute approximate surface area is 169 Å². The van der Waals surface area contributed by atoms with Crippen molar-refractivity contribution in [3.8, 4) is 17.1 Å². The molecule has 0 radical (unpaired) electrons. The van der Waals surface area contributed by atoms with Crippen LogP contribution >= 0.6 is 11.8 Å². The van der Waals surface area contributed by atoms with Crippen LogP contribution < -0.4 is 5.32 Å². The van der Waals surface area contributed by atoms with Gasteiger partial charge in [-0.3, -0.25) is 14.3 Å². The summed E-state index contributed by atoms with van der Waals surface area (Å²) in [7, 11) is 0. The molecule has 0 aliphatic heterocycles. The van der Waals surface area contributed by atoms with Crippen LogP contribution in [0.1, 0.15) is 32.6 Å². The number of carbonyl (C=O) groups is 1. The number of hydrogen-bond donors (Lipinski definition) is 1. The summed E-state index contributed by atoms with van der Waals surface area (Å²) in [5.41, 5.74) is 1.83. The van der Waals surface area contributed by atoms with Gasteiger partial charge in [-0.1, -0.05) is 56.1 Å². The van der Waals surface area contributed by atoms with Gasteiger partial charge in [0.2, 0.25) is 5.91 Å². The van der Waals surface area contributed by atoms with Crippen LogP contribution in [0.4, 0.5) is 0 Å². The predicted octanol–water partition coefficient (Wildman–Crippen LogP) is 4.12. The predicted molar refractivity (Wildman–Crippen MR) is 112 cm³/mol. The van der Waals surface area contributed by atoms with Crippen LogP contribution in [0.5, 0.6) is 0 Å². The number of benzene rings is 1. The highest BCUT2D eigenvalue weighted by Gasteiger charge is 2.17. The number of rotatable bonds is 10. The van der Waals surface area contributed by atoms with Crippen molar-refractivity contribution in [1.82, 2.24) is 25.1 Å². The van der Waals surface area contributed by atoms with E-state index in [4.69, 9.17) is 0 Å². The normalized spacial score (nSPS) is 10.8. The van der Waals surface area contributed by atoms with Crippen molar-refractivity contribution in [3.05, 3.63) is 54.9 Å². The van der Waals surface area contributed by atoms with Crippen molar-refractivity contribution in [2.75, 3.05) is 12.3 Å². The van der Waals surface area contributed by atoms with Crippen molar-refractivity contribution >= 4 is 17.7 Å². The van der Waals surface area contributed by atoms with Crippen LogP contribution in [0.2, 0.25) is 0 Å². The summed E-state index contributed by atoms with van der Waals surface area (Å²) in [5.74, 6) is 1.04. The summed E-state index contributed by atoms with van der Waals surface area (Å²) < 4.78 is 1.97. The van der Waals surface area contributed by atoms with Gasteiger partial charge in [0.1, 0.15) is 0 Å². The molecule has 1 amide bonds. The van der Waals surface area contributed by atoms with E-state index in [1.54, 1.807) is 12.4 Å². The molecule has 0 bridgehead atoms. The molecule has 0 fully saturated rings. The maximum absolute atomic E-state index is 12.2. The van der Waals surface area contributed by atoms with E-state index >= 15 is 0 Å². The summed E-state index contributed by atoms with van der Waals surface area (Å²) in [4.78, 5) is 16.4. The van der Waals surface area contributed by atoms with Gasteiger partial charge in [0, 0.05) is 30.2 Å². The Morgan fingerprint density at radius 3 is 2.68 bits per heavy atom. The topological polar surface area (TPSA) is 72.7 Å². The van der Waals surface area contributed by atoms with Crippen LogP contribution in [0, 0.1) is 0 Å². The summed E-state index contributed by atoms with van der Waals surface area (Å²) in [5, 5.41) is 12.4. The van der Waals surface area contributed by atoms with E-state index in [0.29, 0.717) is 16.7 Å². The molecule has 0 saturated heterocycles. The zero-order valence-corrected chi connectivity index (χ0v) is 16.9. The molecule has 7 heteroatoms. The number of nitrogens with one attached hydrogen (secondary N) is 1. The third-order valence-electron chi connectivity index (χ3n) is 4.25. The van der Waals surface area contributed by atoms with Crippen LogP contribution in [0.15, 0.2) is 60.0 Å². The van der Waals surface area contributed by atoms with Gasteiger partial charge in [0.05, 0.1) is 5.75 Å². The van der Waals surface area contributed by atoms with Gasteiger partial charge in [-0.25, -0.2) is 0 Å². The van der Waals surface area contributed by atoms with Crippen LogP contribution in [0.25, 0.3) is 17.1 Å².